The molecular formula is C17H20O2. The number of ether oxygens (including phenoxy) is 1. The van der Waals surface area contributed by atoms with E-state index in [2.05, 4.69) is 25.1 Å². The predicted molar refractivity (Wildman–Crippen MR) is 75.8 cm³/mol. The van der Waals surface area contributed by atoms with Crippen LogP contribution in [0.3, 0.4) is 0 Å². The van der Waals surface area contributed by atoms with Gasteiger partial charge in [-0.1, -0.05) is 42.0 Å². The van der Waals surface area contributed by atoms with Crippen LogP contribution < -0.4 is 0 Å². The van der Waals surface area contributed by atoms with Crippen LogP contribution in [0.25, 0.3) is 0 Å². The molecule has 1 heterocycles. The Hall–Kier alpha value is -1.38. The van der Waals surface area contributed by atoms with E-state index in [1.807, 2.05) is 25.1 Å². The summed E-state index contributed by atoms with van der Waals surface area (Å²) in [6.07, 6.45) is 3.37. The van der Waals surface area contributed by atoms with Gasteiger partial charge in [-0.05, 0) is 43.4 Å². The average Bonchev–Trinajstić information content (AvgIpc) is 2.44. The fraction of sp³-hybridized carbons (Fsp3) is 0.412. The summed E-state index contributed by atoms with van der Waals surface area (Å²) in [6, 6.07) is 10.3. The molecule has 3 unspecified atom stereocenters. The number of rotatable bonds is 1. The lowest BCUT2D eigenvalue weighted by atomic mass is 9.83. The molecule has 0 saturated carbocycles. The van der Waals surface area contributed by atoms with Gasteiger partial charge in [0.25, 0.3) is 0 Å². The maximum Gasteiger partial charge on any atom is 0.110 e. The lowest BCUT2D eigenvalue weighted by molar-refractivity contribution is -0.0605. The normalized spacial score (nSPS) is 30.9. The summed E-state index contributed by atoms with van der Waals surface area (Å²) in [4.78, 5) is 0. The van der Waals surface area contributed by atoms with E-state index in [1.165, 1.54) is 16.7 Å². The fourth-order valence-corrected chi connectivity index (χ4v) is 3.01. The Morgan fingerprint density at radius 2 is 1.89 bits per heavy atom. The van der Waals surface area contributed by atoms with E-state index < -0.39 is 6.10 Å². The first-order valence-electron chi connectivity index (χ1n) is 6.90. The van der Waals surface area contributed by atoms with Crippen molar-refractivity contribution >= 4 is 0 Å². The van der Waals surface area contributed by atoms with E-state index in [4.69, 9.17) is 4.74 Å². The molecule has 0 aromatic heterocycles. The molecule has 1 aliphatic carbocycles. The van der Waals surface area contributed by atoms with Gasteiger partial charge in [-0.15, -0.1) is 0 Å². The quantitative estimate of drug-likeness (QED) is 0.779. The van der Waals surface area contributed by atoms with Crippen LogP contribution >= 0.6 is 0 Å². The van der Waals surface area contributed by atoms with Gasteiger partial charge < -0.3 is 9.84 Å². The summed E-state index contributed by atoms with van der Waals surface area (Å²) in [7, 11) is 0. The Morgan fingerprint density at radius 1 is 1.16 bits per heavy atom. The largest absolute Gasteiger partial charge is 0.386 e. The highest BCUT2D eigenvalue weighted by atomic mass is 16.5. The molecule has 2 nitrogen and oxygen atoms in total. The van der Waals surface area contributed by atoms with Crippen LogP contribution in [0.5, 0.6) is 0 Å². The van der Waals surface area contributed by atoms with Crippen LogP contribution in [0.15, 0.2) is 53.1 Å². The van der Waals surface area contributed by atoms with E-state index in [0.29, 0.717) is 0 Å². The van der Waals surface area contributed by atoms with Crippen molar-refractivity contribution in [3.8, 4) is 0 Å². The van der Waals surface area contributed by atoms with Crippen molar-refractivity contribution in [3.05, 3.63) is 58.7 Å². The van der Waals surface area contributed by atoms with Crippen molar-refractivity contribution in [3.63, 3.8) is 0 Å². The molecule has 1 N–H and O–H groups in total. The number of benzene rings is 1. The van der Waals surface area contributed by atoms with Crippen LogP contribution in [-0.2, 0) is 4.74 Å². The third-order valence-electron chi connectivity index (χ3n) is 4.26. The lowest BCUT2D eigenvalue weighted by Crippen LogP contribution is -2.38. The lowest BCUT2D eigenvalue weighted by Gasteiger charge is -2.38. The maximum atomic E-state index is 10.3. The fourth-order valence-electron chi connectivity index (χ4n) is 3.01. The highest BCUT2D eigenvalue weighted by Crippen LogP contribution is 2.40. The van der Waals surface area contributed by atoms with E-state index in [1.54, 1.807) is 0 Å². The molecule has 100 valence electrons. The Morgan fingerprint density at radius 3 is 2.63 bits per heavy atom. The molecule has 0 amide bonds. The first-order valence-corrected chi connectivity index (χ1v) is 6.90. The minimum absolute atomic E-state index is 0.0653. The Labute approximate surface area is 114 Å². The number of aliphatic hydroxyl groups is 1. The molecule has 3 rings (SSSR count). The molecule has 1 aromatic carbocycles. The zero-order valence-corrected chi connectivity index (χ0v) is 11.5. The van der Waals surface area contributed by atoms with Crippen LogP contribution in [0.2, 0.25) is 0 Å². The van der Waals surface area contributed by atoms with Gasteiger partial charge in [0, 0.05) is 0 Å². The predicted octanol–water partition coefficient (Wildman–Crippen LogP) is 3.54. The Bertz CT molecular complexity index is 527. The smallest absolute Gasteiger partial charge is 0.110 e. The van der Waals surface area contributed by atoms with Gasteiger partial charge in [-0.25, -0.2) is 0 Å². The third-order valence-corrected chi connectivity index (χ3v) is 4.26. The average molecular weight is 256 g/mol. The van der Waals surface area contributed by atoms with Crippen LogP contribution in [0.4, 0.5) is 0 Å². The van der Waals surface area contributed by atoms with E-state index >= 15 is 0 Å². The highest BCUT2D eigenvalue weighted by molar-refractivity contribution is 5.34. The highest BCUT2D eigenvalue weighted by Gasteiger charge is 2.35. The monoisotopic (exact) mass is 256 g/mol. The first kappa shape index (κ1) is 12.6. The molecule has 2 aliphatic rings. The first-order chi connectivity index (χ1) is 9.16. The van der Waals surface area contributed by atoms with Gasteiger partial charge in [0.15, 0.2) is 0 Å². The van der Waals surface area contributed by atoms with Crippen molar-refractivity contribution in [2.24, 2.45) is 0 Å². The number of aliphatic hydroxyl groups excluding tert-OH is 1. The molecule has 2 heteroatoms. The summed E-state index contributed by atoms with van der Waals surface area (Å²) >= 11 is 0. The standard InChI is InChI=1S/C17H20O2/c1-11-8-9-14-12(2)10-15(19-17(14)16(11)18)13-6-4-3-5-7-13/h3-8,15-18H,9-10H2,1-2H3. The maximum absolute atomic E-state index is 10.3. The molecule has 1 aromatic rings. The van der Waals surface area contributed by atoms with Gasteiger partial charge in [0.1, 0.15) is 12.2 Å². The van der Waals surface area contributed by atoms with Crippen LogP contribution in [0.1, 0.15) is 38.4 Å². The molecule has 19 heavy (non-hydrogen) atoms. The minimum atomic E-state index is -0.495. The van der Waals surface area contributed by atoms with E-state index in [9.17, 15) is 5.11 Å². The molecule has 3 atom stereocenters. The molecule has 0 spiro atoms. The van der Waals surface area contributed by atoms with Gasteiger partial charge >= 0.3 is 0 Å². The Kier molecular flexibility index (Phi) is 3.29. The second-order valence-corrected chi connectivity index (χ2v) is 5.56. The topological polar surface area (TPSA) is 29.5 Å². The molecule has 0 saturated heterocycles. The minimum Gasteiger partial charge on any atom is -0.386 e. The van der Waals surface area contributed by atoms with Crippen LogP contribution in [-0.4, -0.2) is 17.3 Å². The zero-order chi connectivity index (χ0) is 13.4. The van der Waals surface area contributed by atoms with Crippen molar-refractivity contribution in [2.75, 3.05) is 0 Å². The van der Waals surface area contributed by atoms with Crippen LogP contribution in [0, 0.1) is 0 Å². The SMILES string of the molecule is CC1=CCC2=C(C)CC(c3ccccc3)OC2C1O. The third kappa shape index (κ3) is 2.26. The van der Waals surface area contributed by atoms with Gasteiger partial charge in [0.2, 0.25) is 0 Å². The second-order valence-electron chi connectivity index (χ2n) is 5.56. The van der Waals surface area contributed by atoms with E-state index in [0.717, 1.165) is 18.4 Å². The zero-order valence-electron chi connectivity index (χ0n) is 11.5. The molecular weight excluding hydrogens is 236 g/mol. The van der Waals surface area contributed by atoms with Crippen molar-refractivity contribution in [2.45, 2.75) is 45.0 Å². The number of hydrogen-bond acceptors (Lipinski definition) is 2. The summed E-state index contributed by atoms with van der Waals surface area (Å²) in [5, 5.41) is 10.3. The number of allylic oxidation sites excluding steroid dienone is 1. The number of fused-ring (bicyclic) bond motifs is 1. The molecule has 0 fully saturated rings. The van der Waals surface area contributed by atoms with Gasteiger partial charge in [-0.2, -0.15) is 0 Å². The van der Waals surface area contributed by atoms with Crippen molar-refractivity contribution in [1.29, 1.82) is 0 Å². The Balaban J connectivity index is 1.91. The number of hydrogen-bond donors (Lipinski definition) is 1. The summed E-state index contributed by atoms with van der Waals surface area (Å²) in [5.74, 6) is 0. The second kappa shape index (κ2) is 4.95. The summed E-state index contributed by atoms with van der Waals surface area (Å²) in [5.41, 5.74) is 4.86. The van der Waals surface area contributed by atoms with Gasteiger partial charge in [-0.3, -0.25) is 0 Å². The van der Waals surface area contributed by atoms with E-state index in [-0.39, 0.29) is 12.2 Å². The molecule has 0 radical (unpaired) electrons. The van der Waals surface area contributed by atoms with Crippen molar-refractivity contribution in [1.82, 2.24) is 0 Å². The molecule has 0 bridgehead atoms. The summed E-state index contributed by atoms with van der Waals surface area (Å²) < 4.78 is 6.18. The molecule has 1 aliphatic heterocycles. The van der Waals surface area contributed by atoms with Crippen molar-refractivity contribution < 1.29 is 9.84 Å². The summed E-state index contributed by atoms with van der Waals surface area (Å²) in [6.45, 7) is 4.15. The van der Waals surface area contributed by atoms with Gasteiger partial charge in [0.05, 0.1) is 6.10 Å².